The van der Waals surface area contributed by atoms with E-state index in [2.05, 4.69) is 10.2 Å². The Morgan fingerprint density at radius 1 is 1.35 bits per heavy atom. The van der Waals surface area contributed by atoms with Gasteiger partial charge in [0.25, 0.3) is 0 Å². The van der Waals surface area contributed by atoms with Gasteiger partial charge in [0, 0.05) is 18.7 Å². The summed E-state index contributed by atoms with van der Waals surface area (Å²) in [7, 11) is 1.60. The average Bonchev–Trinajstić information content (AvgIpc) is 3.05. The highest BCUT2D eigenvalue weighted by Crippen LogP contribution is 2.32. The minimum Gasteiger partial charge on any atom is -0.497 e. The molecule has 2 N–H and O–H groups in total. The molecule has 0 spiro atoms. The van der Waals surface area contributed by atoms with Gasteiger partial charge in [-0.3, -0.25) is 4.79 Å². The molecule has 7 heteroatoms. The predicted octanol–water partition coefficient (Wildman–Crippen LogP) is 1.18. The van der Waals surface area contributed by atoms with Crippen molar-refractivity contribution in [3.05, 3.63) is 30.2 Å². The molecule has 1 fully saturated rings. The molecule has 0 aliphatic carbocycles. The maximum atomic E-state index is 12.1. The van der Waals surface area contributed by atoms with Crippen molar-refractivity contribution in [2.45, 2.75) is 12.3 Å². The van der Waals surface area contributed by atoms with Crippen LogP contribution in [0.5, 0.6) is 5.75 Å². The molecule has 3 rings (SSSR count). The Kier molecular flexibility index (Phi) is 3.02. The van der Waals surface area contributed by atoms with Crippen LogP contribution in [0.25, 0.3) is 0 Å². The fourth-order valence-corrected chi connectivity index (χ4v) is 2.30. The van der Waals surface area contributed by atoms with Gasteiger partial charge in [-0.2, -0.15) is 0 Å². The molecule has 1 aromatic carbocycles. The first-order valence-corrected chi connectivity index (χ1v) is 6.20. The fraction of sp³-hybridized carbons (Fsp3) is 0.308. The molecule has 0 bridgehead atoms. The van der Waals surface area contributed by atoms with E-state index in [9.17, 15) is 4.79 Å². The molecule has 0 unspecified atom stereocenters. The third-order valence-electron chi connectivity index (χ3n) is 3.31. The Morgan fingerprint density at radius 3 is 2.70 bits per heavy atom. The van der Waals surface area contributed by atoms with Crippen LogP contribution in [0.3, 0.4) is 0 Å². The van der Waals surface area contributed by atoms with E-state index in [1.807, 2.05) is 24.3 Å². The molecule has 20 heavy (non-hydrogen) atoms. The van der Waals surface area contributed by atoms with Gasteiger partial charge in [0.15, 0.2) is 0 Å². The van der Waals surface area contributed by atoms with Gasteiger partial charge < -0.3 is 19.8 Å². The van der Waals surface area contributed by atoms with Gasteiger partial charge in [0.2, 0.25) is 11.8 Å². The quantitative estimate of drug-likeness (QED) is 0.903. The molecular weight excluding hydrogens is 260 g/mol. The maximum absolute atomic E-state index is 12.1. The van der Waals surface area contributed by atoms with Crippen LogP contribution in [0.4, 0.5) is 11.7 Å². The zero-order valence-electron chi connectivity index (χ0n) is 10.9. The van der Waals surface area contributed by atoms with Crippen LogP contribution in [0.1, 0.15) is 18.2 Å². The van der Waals surface area contributed by atoms with E-state index in [4.69, 9.17) is 14.9 Å². The molecule has 2 heterocycles. The van der Waals surface area contributed by atoms with Crippen LogP contribution < -0.4 is 15.4 Å². The van der Waals surface area contributed by atoms with E-state index in [0.29, 0.717) is 18.9 Å². The van der Waals surface area contributed by atoms with Crippen LogP contribution in [-0.2, 0) is 4.79 Å². The number of ether oxygens (including phenoxy) is 1. The average molecular weight is 274 g/mol. The smallest absolute Gasteiger partial charge is 0.312 e. The van der Waals surface area contributed by atoms with Gasteiger partial charge >= 0.3 is 6.01 Å². The number of anilines is 2. The van der Waals surface area contributed by atoms with E-state index in [0.717, 1.165) is 11.4 Å². The SMILES string of the molecule is COc1ccc(N2C[C@H](c3nnc(N)o3)CC2=O)cc1. The van der Waals surface area contributed by atoms with Crippen molar-refractivity contribution < 1.29 is 13.9 Å². The number of methoxy groups -OCH3 is 1. The number of carbonyl (C=O) groups is 1. The summed E-state index contributed by atoms with van der Waals surface area (Å²) in [5.41, 5.74) is 6.23. The molecule has 104 valence electrons. The summed E-state index contributed by atoms with van der Waals surface area (Å²) in [6.45, 7) is 0.507. The van der Waals surface area contributed by atoms with Crippen LogP contribution in [0, 0.1) is 0 Å². The number of nitrogen functional groups attached to an aromatic ring is 1. The van der Waals surface area contributed by atoms with Crippen molar-refractivity contribution in [1.29, 1.82) is 0 Å². The normalized spacial score (nSPS) is 18.6. The Morgan fingerprint density at radius 2 is 2.10 bits per heavy atom. The summed E-state index contributed by atoms with van der Waals surface area (Å²) in [5, 5.41) is 7.47. The number of nitrogens with two attached hydrogens (primary N) is 1. The van der Waals surface area contributed by atoms with Crippen molar-refractivity contribution in [2.24, 2.45) is 0 Å². The molecular formula is C13H14N4O3. The third-order valence-corrected chi connectivity index (χ3v) is 3.31. The van der Waals surface area contributed by atoms with E-state index in [1.54, 1.807) is 12.0 Å². The zero-order valence-corrected chi connectivity index (χ0v) is 10.9. The summed E-state index contributed by atoms with van der Waals surface area (Å²) >= 11 is 0. The second kappa shape index (κ2) is 4.84. The molecule has 1 atom stereocenters. The third kappa shape index (κ3) is 2.18. The standard InChI is InChI=1S/C13H14N4O3/c1-19-10-4-2-9(3-5-10)17-7-8(6-11(17)18)12-15-16-13(14)20-12/h2-5,8H,6-7H2,1H3,(H2,14,16)/t8-/m1/s1. The first-order chi connectivity index (χ1) is 9.67. The Labute approximate surface area is 115 Å². The molecule has 1 saturated heterocycles. The van der Waals surface area contributed by atoms with E-state index in [1.165, 1.54) is 0 Å². The largest absolute Gasteiger partial charge is 0.497 e. The lowest BCUT2D eigenvalue weighted by atomic mass is 10.1. The van der Waals surface area contributed by atoms with Crippen molar-refractivity contribution in [1.82, 2.24) is 10.2 Å². The van der Waals surface area contributed by atoms with Crippen molar-refractivity contribution >= 4 is 17.6 Å². The lowest BCUT2D eigenvalue weighted by Gasteiger charge is -2.16. The van der Waals surface area contributed by atoms with Crippen LogP contribution >= 0.6 is 0 Å². The topological polar surface area (TPSA) is 94.5 Å². The first-order valence-electron chi connectivity index (χ1n) is 6.20. The number of benzene rings is 1. The number of amides is 1. The van der Waals surface area contributed by atoms with Crippen molar-refractivity contribution in [3.63, 3.8) is 0 Å². The number of rotatable bonds is 3. The Hall–Kier alpha value is -2.57. The molecule has 1 aliphatic rings. The highest BCUT2D eigenvalue weighted by Gasteiger charge is 2.34. The van der Waals surface area contributed by atoms with Gasteiger partial charge in [-0.1, -0.05) is 5.10 Å². The second-order valence-corrected chi connectivity index (χ2v) is 4.58. The minimum atomic E-state index is -0.116. The number of hydrogen-bond donors (Lipinski definition) is 1. The monoisotopic (exact) mass is 274 g/mol. The first kappa shape index (κ1) is 12.5. The molecule has 7 nitrogen and oxygen atoms in total. The number of aromatic nitrogens is 2. The minimum absolute atomic E-state index is 0.0235. The molecule has 1 amide bonds. The van der Waals surface area contributed by atoms with E-state index in [-0.39, 0.29) is 17.8 Å². The van der Waals surface area contributed by atoms with Crippen LogP contribution in [0.2, 0.25) is 0 Å². The molecule has 1 aliphatic heterocycles. The van der Waals surface area contributed by atoms with Crippen LogP contribution in [-0.4, -0.2) is 29.8 Å². The van der Waals surface area contributed by atoms with Gasteiger partial charge in [-0.15, -0.1) is 5.10 Å². The Bertz CT molecular complexity index is 623. The molecule has 0 radical (unpaired) electrons. The number of nitrogens with zero attached hydrogens (tertiary/aromatic N) is 3. The molecule has 0 saturated carbocycles. The number of hydrogen-bond acceptors (Lipinski definition) is 6. The lowest BCUT2D eigenvalue weighted by molar-refractivity contribution is -0.117. The van der Waals surface area contributed by atoms with Gasteiger partial charge in [0.05, 0.1) is 13.0 Å². The highest BCUT2D eigenvalue weighted by atomic mass is 16.5. The van der Waals surface area contributed by atoms with Crippen molar-refractivity contribution in [2.75, 3.05) is 24.3 Å². The van der Waals surface area contributed by atoms with E-state index >= 15 is 0 Å². The summed E-state index contributed by atoms with van der Waals surface area (Å²) < 4.78 is 10.3. The predicted molar refractivity (Wildman–Crippen MR) is 71.4 cm³/mol. The summed E-state index contributed by atoms with van der Waals surface area (Å²) in [4.78, 5) is 13.8. The summed E-state index contributed by atoms with van der Waals surface area (Å²) in [5.74, 6) is 1.07. The molecule has 2 aromatic rings. The molecule has 1 aromatic heterocycles. The summed E-state index contributed by atoms with van der Waals surface area (Å²) in [6, 6.07) is 7.36. The highest BCUT2D eigenvalue weighted by molar-refractivity contribution is 5.96. The van der Waals surface area contributed by atoms with Gasteiger partial charge in [-0.05, 0) is 24.3 Å². The lowest BCUT2D eigenvalue weighted by Crippen LogP contribution is -2.24. The van der Waals surface area contributed by atoms with Gasteiger partial charge in [-0.25, -0.2) is 0 Å². The van der Waals surface area contributed by atoms with E-state index < -0.39 is 0 Å². The maximum Gasteiger partial charge on any atom is 0.312 e. The van der Waals surface area contributed by atoms with Gasteiger partial charge in [0.1, 0.15) is 5.75 Å². The fourth-order valence-electron chi connectivity index (χ4n) is 2.30. The Balaban J connectivity index is 1.79. The summed E-state index contributed by atoms with van der Waals surface area (Å²) in [6.07, 6.45) is 0.341. The second-order valence-electron chi connectivity index (χ2n) is 4.58. The van der Waals surface area contributed by atoms with Crippen LogP contribution in [0.15, 0.2) is 28.7 Å². The zero-order chi connectivity index (χ0) is 14.1. The van der Waals surface area contributed by atoms with Crippen molar-refractivity contribution in [3.8, 4) is 5.75 Å². The number of carbonyl (C=O) groups excluding carboxylic acids is 1.